The summed E-state index contributed by atoms with van der Waals surface area (Å²) in [5.74, 6) is 0.154. The van der Waals surface area contributed by atoms with Crippen LogP contribution in [-0.2, 0) is 9.53 Å². The highest BCUT2D eigenvalue weighted by atomic mass is 32.2. The van der Waals surface area contributed by atoms with Crippen LogP contribution in [0.1, 0.15) is 39.5 Å². The van der Waals surface area contributed by atoms with Crippen LogP contribution < -0.4 is 4.72 Å². The predicted molar refractivity (Wildman–Crippen MR) is 83.0 cm³/mol. The summed E-state index contributed by atoms with van der Waals surface area (Å²) in [5, 5.41) is 0. The quantitative estimate of drug-likeness (QED) is 0.796. The molecule has 0 bridgehead atoms. The van der Waals surface area contributed by atoms with E-state index in [4.69, 9.17) is 4.74 Å². The van der Waals surface area contributed by atoms with Gasteiger partial charge in [0.25, 0.3) is 0 Å². The fraction of sp³-hybridized carbons (Fsp3) is 0.667. The minimum Gasteiger partial charge on any atom is -0.358 e. The van der Waals surface area contributed by atoms with Crippen molar-refractivity contribution in [1.82, 2.24) is 9.62 Å². The summed E-state index contributed by atoms with van der Waals surface area (Å²) in [7, 11) is 0. The van der Waals surface area contributed by atoms with E-state index in [1.165, 1.54) is 6.42 Å². The molecule has 0 aromatic rings. The maximum atomic E-state index is 12.4. The summed E-state index contributed by atoms with van der Waals surface area (Å²) >= 11 is 1.55. The van der Waals surface area contributed by atoms with Gasteiger partial charge in [-0.15, -0.1) is 0 Å². The van der Waals surface area contributed by atoms with Crippen molar-refractivity contribution in [2.75, 3.05) is 13.2 Å². The molecule has 0 saturated carbocycles. The van der Waals surface area contributed by atoms with Crippen LogP contribution >= 0.6 is 11.9 Å². The van der Waals surface area contributed by atoms with E-state index >= 15 is 0 Å². The minimum absolute atomic E-state index is 0.0519. The Labute approximate surface area is 125 Å². The maximum absolute atomic E-state index is 12.4. The monoisotopic (exact) mass is 296 g/mol. The summed E-state index contributed by atoms with van der Waals surface area (Å²) in [6.07, 6.45) is 6.21. The van der Waals surface area contributed by atoms with Crippen molar-refractivity contribution in [3.05, 3.63) is 23.1 Å². The third-order valence-electron chi connectivity index (χ3n) is 3.74. The predicted octanol–water partition coefficient (Wildman–Crippen LogP) is 2.83. The van der Waals surface area contributed by atoms with Crippen molar-refractivity contribution in [2.24, 2.45) is 0 Å². The largest absolute Gasteiger partial charge is 0.358 e. The Bertz CT molecular complexity index is 401. The summed E-state index contributed by atoms with van der Waals surface area (Å²) < 4.78 is 8.94. The summed E-state index contributed by atoms with van der Waals surface area (Å²) in [4.78, 5) is 15.4. The molecule has 20 heavy (non-hydrogen) atoms. The van der Waals surface area contributed by atoms with Crippen LogP contribution in [-0.4, -0.2) is 36.2 Å². The van der Waals surface area contributed by atoms with E-state index < -0.39 is 0 Å². The Morgan fingerprint density at radius 3 is 2.85 bits per heavy atom. The summed E-state index contributed by atoms with van der Waals surface area (Å²) in [5.41, 5.74) is 1.16. The van der Waals surface area contributed by atoms with Crippen molar-refractivity contribution in [3.8, 4) is 0 Å². The highest BCUT2D eigenvalue weighted by molar-refractivity contribution is 8.03. The molecular weight excluding hydrogens is 272 g/mol. The van der Waals surface area contributed by atoms with Crippen molar-refractivity contribution in [2.45, 2.75) is 51.8 Å². The number of nitrogens with one attached hydrogen (secondary N) is 1. The molecule has 1 N–H and O–H groups in total. The number of ether oxygens (including phenoxy) is 1. The van der Waals surface area contributed by atoms with Gasteiger partial charge in [0.15, 0.2) is 0 Å². The zero-order valence-corrected chi connectivity index (χ0v) is 13.2. The fourth-order valence-corrected chi connectivity index (χ4v) is 3.48. The molecule has 2 fully saturated rings. The lowest BCUT2D eigenvalue weighted by Crippen LogP contribution is -2.58. The number of rotatable bonds is 2. The van der Waals surface area contributed by atoms with Gasteiger partial charge in [-0.2, -0.15) is 0 Å². The molecule has 2 atom stereocenters. The van der Waals surface area contributed by atoms with Gasteiger partial charge in [-0.1, -0.05) is 32.9 Å². The number of hydrogen-bond acceptors (Lipinski definition) is 4. The Morgan fingerprint density at radius 1 is 1.40 bits per heavy atom. The number of carbonyl (C=O) groups is 1. The van der Waals surface area contributed by atoms with Crippen LogP contribution in [0.25, 0.3) is 0 Å². The molecule has 112 valence electrons. The van der Waals surface area contributed by atoms with E-state index in [0.717, 1.165) is 36.3 Å². The van der Waals surface area contributed by atoms with Gasteiger partial charge in [-0.25, -0.2) is 4.72 Å². The zero-order chi connectivity index (χ0) is 14.5. The normalized spacial score (nSPS) is 29.7. The molecule has 1 amide bonds. The second-order valence-corrected chi connectivity index (χ2v) is 5.77. The summed E-state index contributed by atoms with van der Waals surface area (Å²) in [6, 6.07) is -0.149. The molecule has 4 nitrogen and oxygen atoms in total. The standard InChI is InChI=1S/C13H18N2O2S.C2H6/c1-2-9-8-15(10-6-4-3-5-7-17-10)13(16)11-12(9)18-14-11;1-2/h2,10-11,14H,1,3-8H2;1-2H3. The molecule has 3 aliphatic rings. The third-order valence-corrected chi connectivity index (χ3v) is 4.81. The van der Waals surface area contributed by atoms with E-state index in [1.807, 2.05) is 24.8 Å². The van der Waals surface area contributed by atoms with Gasteiger partial charge in [-0.3, -0.25) is 4.79 Å². The first-order chi connectivity index (χ1) is 9.81. The molecular formula is C15H24N2O2S. The molecule has 0 aliphatic carbocycles. The number of carbonyl (C=O) groups excluding carboxylic acids is 1. The van der Waals surface area contributed by atoms with Gasteiger partial charge >= 0.3 is 0 Å². The Balaban J connectivity index is 0.000000704. The smallest absolute Gasteiger partial charge is 0.248 e. The summed E-state index contributed by atoms with van der Waals surface area (Å²) in [6.45, 7) is 9.26. The van der Waals surface area contributed by atoms with Gasteiger partial charge < -0.3 is 9.64 Å². The lowest BCUT2D eigenvalue weighted by Gasteiger charge is -2.43. The molecule has 5 heteroatoms. The third kappa shape index (κ3) is 2.95. The van der Waals surface area contributed by atoms with E-state index in [-0.39, 0.29) is 18.2 Å². The van der Waals surface area contributed by atoms with Gasteiger partial charge in [0, 0.05) is 18.1 Å². The zero-order valence-electron chi connectivity index (χ0n) is 12.4. The van der Waals surface area contributed by atoms with E-state index in [2.05, 4.69) is 11.3 Å². The van der Waals surface area contributed by atoms with Crippen LogP contribution in [0.3, 0.4) is 0 Å². The highest BCUT2D eigenvalue weighted by Crippen LogP contribution is 2.38. The second kappa shape index (κ2) is 7.29. The second-order valence-electron chi connectivity index (χ2n) is 4.89. The van der Waals surface area contributed by atoms with E-state index in [0.29, 0.717) is 6.54 Å². The minimum atomic E-state index is -0.149. The fourth-order valence-electron chi connectivity index (χ4n) is 2.65. The topological polar surface area (TPSA) is 41.6 Å². The number of fused-ring (bicyclic) bond motifs is 1. The molecule has 3 heterocycles. The average molecular weight is 296 g/mol. The molecule has 3 aliphatic heterocycles. The van der Waals surface area contributed by atoms with Crippen LogP contribution in [0.5, 0.6) is 0 Å². The first kappa shape index (κ1) is 15.6. The van der Waals surface area contributed by atoms with Crippen molar-refractivity contribution in [1.29, 1.82) is 0 Å². The first-order valence-electron chi connectivity index (χ1n) is 7.51. The van der Waals surface area contributed by atoms with Crippen LogP contribution in [0.15, 0.2) is 23.1 Å². The van der Waals surface area contributed by atoms with Gasteiger partial charge in [0.05, 0.1) is 0 Å². The van der Waals surface area contributed by atoms with Crippen LogP contribution in [0.2, 0.25) is 0 Å². The van der Waals surface area contributed by atoms with E-state index in [1.54, 1.807) is 11.9 Å². The van der Waals surface area contributed by atoms with Crippen LogP contribution in [0.4, 0.5) is 0 Å². The molecule has 0 spiro atoms. The molecule has 2 unspecified atom stereocenters. The number of nitrogens with zero attached hydrogens (tertiary/aromatic N) is 1. The molecule has 0 aromatic carbocycles. The van der Waals surface area contributed by atoms with Gasteiger partial charge in [0.2, 0.25) is 5.91 Å². The highest BCUT2D eigenvalue weighted by Gasteiger charge is 2.43. The SMILES string of the molecule is C=CC1=C2SNC2C(=O)N(C2CCCCCO2)C1.CC. The molecule has 0 aromatic heterocycles. The van der Waals surface area contributed by atoms with Gasteiger partial charge in [-0.05, 0) is 36.8 Å². The number of amides is 1. The van der Waals surface area contributed by atoms with Crippen molar-refractivity contribution in [3.63, 3.8) is 0 Å². The van der Waals surface area contributed by atoms with E-state index in [9.17, 15) is 4.79 Å². The van der Waals surface area contributed by atoms with Crippen molar-refractivity contribution < 1.29 is 9.53 Å². The first-order valence-corrected chi connectivity index (χ1v) is 8.33. The van der Waals surface area contributed by atoms with Gasteiger partial charge in [0.1, 0.15) is 12.3 Å². The Kier molecular flexibility index (Phi) is 5.69. The Morgan fingerprint density at radius 2 is 2.20 bits per heavy atom. The maximum Gasteiger partial charge on any atom is 0.248 e. The molecule has 0 radical (unpaired) electrons. The molecule has 2 saturated heterocycles. The van der Waals surface area contributed by atoms with Crippen LogP contribution in [0, 0.1) is 0 Å². The molecule has 3 rings (SSSR count). The van der Waals surface area contributed by atoms with Crippen molar-refractivity contribution >= 4 is 17.9 Å². The average Bonchev–Trinajstić information content (AvgIpc) is 2.72. The Hall–Kier alpha value is -0.780. The number of hydrogen-bond donors (Lipinski definition) is 1. The lowest BCUT2D eigenvalue weighted by molar-refractivity contribution is -0.147. The lowest BCUT2D eigenvalue weighted by atomic mass is 10.0.